The number of nitrogens with one attached hydrogen (secondary N) is 1. The Hall–Kier alpha value is -1.64. The number of ether oxygens (including phenoxy) is 2. The molecule has 7 nitrogen and oxygen atoms in total. The topological polar surface area (TPSA) is 84.9 Å². The van der Waals surface area contributed by atoms with Gasteiger partial charge in [-0.3, -0.25) is 4.79 Å². The van der Waals surface area contributed by atoms with Crippen molar-refractivity contribution in [2.45, 2.75) is 62.9 Å². The average Bonchev–Trinajstić information content (AvgIpc) is 2.67. The molecule has 8 heteroatoms. The van der Waals surface area contributed by atoms with E-state index < -0.39 is 10.0 Å². The Morgan fingerprint density at radius 2 is 1.86 bits per heavy atom. The third kappa shape index (κ3) is 6.18. The molecule has 158 valence electrons. The number of benzene rings is 1. The van der Waals surface area contributed by atoms with Gasteiger partial charge in [0.25, 0.3) is 0 Å². The van der Waals surface area contributed by atoms with Gasteiger partial charge in [0, 0.05) is 19.2 Å². The summed E-state index contributed by atoms with van der Waals surface area (Å²) in [5.74, 6) is 0.307. The molecule has 2 rings (SSSR count). The summed E-state index contributed by atoms with van der Waals surface area (Å²) in [6.45, 7) is 4.40. The highest BCUT2D eigenvalue weighted by molar-refractivity contribution is 7.89. The van der Waals surface area contributed by atoms with Crippen molar-refractivity contribution in [1.82, 2.24) is 9.62 Å². The van der Waals surface area contributed by atoms with Crippen LogP contribution in [0, 0.1) is 0 Å². The number of sulfonamides is 1. The highest BCUT2D eigenvalue weighted by Crippen LogP contribution is 2.28. The smallest absolute Gasteiger partial charge is 0.243 e. The van der Waals surface area contributed by atoms with Crippen LogP contribution in [-0.4, -0.2) is 57.6 Å². The number of carbonyl (C=O) groups excluding carboxylic acids is 1. The molecule has 1 aromatic carbocycles. The SMILES string of the molecule is CCOc1ccc(S(=O)(=O)N(CC(=O)N[C@@H](C)COC)C2CCCCC2)cc1. The minimum absolute atomic E-state index is 0.159. The Balaban J connectivity index is 2.22. The van der Waals surface area contributed by atoms with Gasteiger partial charge in [-0.25, -0.2) is 8.42 Å². The number of amides is 1. The second kappa shape index (κ2) is 10.8. The first-order valence-corrected chi connectivity index (χ1v) is 11.4. The molecule has 1 aliphatic carbocycles. The third-order valence-corrected chi connectivity index (χ3v) is 6.76. The molecule has 1 saturated carbocycles. The Kier molecular flexibility index (Phi) is 8.72. The van der Waals surface area contributed by atoms with E-state index in [-0.39, 0.29) is 29.4 Å². The Morgan fingerprint density at radius 3 is 2.43 bits per heavy atom. The lowest BCUT2D eigenvalue weighted by molar-refractivity contribution is -0.122. The van der Waals surface area contributed by atoms with Crippen molar-refractivity contribution in [1.29, 1.82) is 0 Å². The Morgan fingerprint density at radius 1 is 1.21 bits per heavy atom. The van der Waals surface area contributed by atoms with Crippen molar-refractivity contribution in [3.63, 3.8) is 0 Å². The normalized spacial score (nSPS) is 16.7. The van der Waals surface area contributed by atoms with Gasteiger partial charge in [-0.2, -0.15) is 4.31 Å². The van der Waals surface area contributed by atoms with E-state index in [9.17, 15) is 13.2 Å². The van der Waals surface area contributed by atoms with Gasteiger partial charge >= 0.3 is 0 Å². The lowest BCUT2D eigenvalue weighted by Gasteiger charge is -2.33. The number of carbonyl (C=O) groups is 1. The molecule has 1 aromatic rings. The molecule has 0 aromatic heterocycles. The molecule has 0 spiro atoms. The molecule has 1 atom stereocenters. The maximum atomic E-state index is 13.3. The highest BCUT2D eigenvalue weighted by Gasteiger charge is 2.34. The summed E-state index contributed by atoms with van der Waals surface area (Å²) >= 11 is 0. The van der Waals surface area contributed by atoms with Crippen molar-refractivity contribution < 1.29 is 22.7 Å². The largest absolute Gasteiger partial charge is 0.494 e. The quantitative estimate of drug-likeness (QED) is 0.638. The number of rotatable bonds is 10. The summed E-state index contributed by atoms with van der Waals surface area (Å²) < 4.78 is 38.5. The summed E-state index contributed by atoms with van der Waals surface area (Å²) in [7, 11) is -2.23. The molecule has 1 aliphatic rings. The minimum Gasteiger partial charge on any atom is -0.494 e. The maximum Gasteiger partial charge on any atom is 0.243 e. The van der Waals surface area contributed by atoms with Crippen LogP contribution in [0.5, 0.6) is 5.75 Å². The number of nitrogens with zero attached hydrogens (tertiary/aromatic N) is 1. The lowest BCUT2D eigenvalue weighted by Crippen LogP contribution is -2.49. The first-order valence-electron chi connectivity index (χ1n) is 9.91. The molecule has 0 aliphatic heterocycles. The van der Waals surface area contributed by atoms with E-state index in [1.54, 1.807) is 31.4 Å². The van der Waals surface area contributed by atoms with Gasteiger partial charge in [0.2, 0.25) is 15.9 Å². The molecular weight excluding hydrogens is 380 g/mol. The monoisotopic (exact) mass is 412 g/mol. The molecule has 0 bridgehead atoms. The molecule has 0 radical (unpaired) electrons. The fourth-order valence-corrected chi connectivity index (χ4v) is 5.18. The van der Waals surface area contributed by atoms with Crippen LogP contribution in [0.4, 0.5) is 0 Å². The van der Waals surface area contributed by atoms with Gasteiger partial charge in [0.1, 0.15) is 5.75 Å². The van der Waals surface area contributed by atoms with Crippen molar-refractivity contribution in [2.24, 2.45) is 0 Å². The number of hydrogen-bond donors (Lipinski definition) is 1. The maximum absolute atomic E-state index is 13.3. The summed E-state index contributed by atoms with van der Waals surface area (Å²) in [5, 5.41) is 2.81. The van der Waals surface area contributed by atoms with Crippen LogP contribution in [0.3, 0.4) is 0 Å². The van der Waals surface area contributed by atoms with E-state index in [2.05, 4.69) is 5.32 Å². The number of methoxy groups -OCH3 is 1. The van der Waals surface area contributed by atoms with E-state index in [1.807, 2.05) is 13.8 Å². The first kappa shape index (κ1) is 22.6. The third-order valence-electron chi connectivity index (χ3n) is 4.85. The van der Waals surface area contributed by atoms with Gasteiger partial charge in [-0.1, -0.05) is 19.3 Å². The fourth-order valence-electron chi connectivity index (χ4n) is 3.54. The standard InChI is InChI=1S/C20H32N2O5S/c1-4-27-18-10-12-19(13-11-18)28(24,25)22(17-8-6-5-7-9-17)14-20(23)21-16(2)15-26-3/h10-13,16-17H,4-9,14-15H2,1-3H3,(H,21,23)/t16-/m0/s1. The fraction of sp³-hybridized carbons (Fsp3) is 0.650. The first-order chi connectivity index (χ1) is 13.4. The van der Waals surface area contributed by atoms with Crippen LogP contribution in [0.1, 0.15) is 46.0 Å². The molecule has 0 heterocycles. The van der Waals surface area contributed by atoms with Gasteiger partial charge in [0.05, 0.1) is 24.7 Å². The molecule has 0 saturated heterocycles. The van der Waals surface area contributed by atoms with Crippen LogP contribution >= 0.6 is 0 Å². The van der Waals surface area contributed by atoms with E-state index in [0.717, 1.165) is 32.1 Å². The summed E-state index contributed by atoms with van der Waals surface area (Å²) in [4.78, 5) is 12.7. The summed E-state index contributed by atoms with van der Waals surface area (Å²) in [5.41, 5.74) is 0. The van der Waals surface area contributed by atoms with Crippen LogP contribution in [0.15, 0.2) is 29.2 Å². The zero-order chi connectivity index (χ0) is 20.6. The van der Waals surface area contributed by atoms with Gasteiger partial charge in [-0.05, 0) is 51.0 Å². The van der Waals surface area contributed by atoms with Crippen molar-refractivity contribution >= 4 is 15.9 Å². The molecular formula is C20H32N2O5S. The Labute approximate surface area is 168 Å². The molecule has 0 unspecified atom stereocenters. The molecule has 1 fully saturated rings. The molecule has 28 heavy (non-hydrogen) atoms. The van der Waals surface area contributed by atoms with Crippen LogP contribution in [0.2, 0.25) is 0 Å². The van der Waals surface area contributed by atoms with Crippen molar-refractivity contribution in [3.05, 3.63) is 24.3 Å². The lowest BCUT2D eigenvalue weighted by atomic mass is 9.95. The average molecular weight is 413 g/mol. The van der Waals surface area contributed by atoms with Gasteiger partial charge < -0.3 is 14.8 Å². The molecule has 1 N–H and O–H groups in total. The number of hydrogen-bond acceptors (Lipinski definition) is 5. The predicted molar refractivity (Wildman–Crippen MR) is 108 cm³/mol. The predicted octanol–water partition coefficient (Wildman–Crippen LogP) is 2.56. The van der Waals surface area contributed by atoms with E-state index in [4.69, 9.17) is 9.47 Å². The second-order valence-corrected chi connectivity index (χ2v) is 9.06. The van der Waals surface area contributed by atoms with Crippen LogP contribution in [0.25, 0.3) is 0 Å². The van der Waals surface area contributed by atoms with Gasteiger partial charge in [0.15, 0.2) is 0 Å². The highest BCUT2D eigenvalue weighted by atomic mass is 32.2. The van der Waals surface area contributed by atoms with E-state index >= 15 is 0 Å². The zero-order valence-electron chi connectivity index (χ0n) is 17.0. The van der Waals surface area contributed by atoms with Crippen molar-refractivity contribution in [3.8, 4) is 5.75 Å². The minimum atomic E-state index is -3.79. The van der Waals surface area contributed by atoms with Crippen LogP contribution in [-0.2, 0) is 19.6 Å². The van der Waals surface area contributed by atoms with Gasteiger partial charge in [-0.15, -0.1) is 0 Å². The Bertz CT molecular complexity index is 715. The van der Waals surface area contributed by atoms with E-state index in [1.165, 1.54) is 4.31 Å². The second-order valence-electron chi connectivity index (χ2n) is 7.17. The van der Waals surface area contributed by atoms with Crippen molar-refractivity contribution in [2.75, 3.05) is 26.9 Å². The van der Waals surface area contributed by atoms with Crippen LogP contribution < -0.4 is 10.1 Å². The molecule has 1 amide bonds. The zero-order valence-corrected chi connectivity index (χ0v) is 17.8. The summed E-state index contributed by atoms with van der Waals surface area (Å²) in [6.07, 6.45) is 4.60. The summed E-state index contributed by atoms with van der Waals surface area (Å²) in [6, 6.07) is 6.04. The van der Waals surface area contributed by atoms with E-state index in [0.29, 0.717) is 19.0 Å².